The van der Waals surface area contributed by atoms with Gasteiger partial charge in [0, 0.05) is 6.54 Å². The molecule has 1 fully saturated rings. The van der Waals surface area contributed by atoms with E-state index in [4.69, 9.17) is 5.11 Å². The van der Waals surface area contributed by atoms with Crippen molar-refractivity contribution in [1.82, 2.24) is 4.98 Å². The first kappa shape index (κ1) is 12.0. The molecule has 3 rings (SSSR count). The van der Waals surface area contributed by atoms with Crippen LogP contribution in [0.4, 0.5) is 10.5 Å². The molecule has 98 valence electrons. The minimum Gasteiger partial charge on any atom is -0.465 e. The van der Waals surface area contributed by atoms with E-state index >= 15 is 0 Å². The van der Waals surface area contributed by atoms with Crippen molar-refractivity contribution in [2.45, 2.75) is 37.5 Å². The predicted octanol–water partition coefficient (Wildman–Crippen LogP) is 2.46. The Hall–Kier alpha value is -2.09. The van der Waals surface area contributed by atoms with Crippen LogP contribution in [0.15, 0.2) is 12.1 Å². The van der Waals surface area contributed by atoms with Crippen LogP contribution in [0.2, 0.25) is 0 Å². The lowest BCUT2D eigenvalue weighted by Gasteiger charge is -2.35. The molecule has 1 saturated carbocycles. The minimum absolute atomic E-state index is 0.430. The zero-order valence-corrected chi connectivity index (χ0v) is 10.6. The highest BCUT2D eigenvalue weighted by Crippen LogP contribution is 2.43. The highest BCUT2D eigenvalue weighted by molar-refractivity contribution is 5.87. The number of amides is 1. The van der Waals surface area contributed by atoms with Gasteiger partial charge in [-0.15, -0.1) is 0 Å². The summed E-state index contributed by atoms with van der Waals surface area (Å²) in [5, 5.41) is 18.5. The van der Waals surface area contributed by atoms with Crippen molar-refractivity contribution in [3.63, 3.8) is 0 Å². The Labute approximate surface area is 111 Å². The van der Waals surface area contributed by atoms with Crippen molar-refractivity contribution < 1.29 is 9.90 Å². The zero-order chi connectivity index (χ0) is 13.5. The number of carbonyl (C=O) groups is 1. The van der Waals surface area contributed by atoms with Crippen LogP contribution in [0.25, 0.3) is 0 Å². The van der Waals surface area contributed by atoms with Gasteiger partial charge in [0.25, 0.3) is 0 Å². The van der Waals surface area contributed by atoms with Gasteiger partial charge in [-0.1, -0.05) is 0 Å². The van der Waals surface area contributed by atoms with Gasteiger partial charge in [-0.25, -0.2) is 4.79 Å². The Balaban J connectivity index is 2.01. The lowest BCUT2D eigenvalue weighted by atomic mass is 9.67. The van der Waals surface area contributed by atoms with Crippen LogP contribution in [-0.4, -0.2) is 22.7 Å². The molecule has 2 aliphatic rings. The first-order chi connectivity index (χ1) is 9.16. The Morgan fingerprint density at radius 3 is 2.79 bits per heavy atom. The van der Waals surface area contributed by atoms with Crippen LogP contribution >= 0.6 is 0 Å². The molecule has 1 aromatic rings. The van der Waals surface area contributed by atoms with Crippen molar-refractivity contribution in [2.24, 2.45) is 0 Å². The van der Waals surface area contributed by atoms with Gasteiger partial charge >= 0.3 is 6.09 Å². The van der Waals surface area contributed by atoms with Crippen molar-refractivity contribution in [2.75, 3.05) is 11.4 Å². The summed E-state index contributed by atoms with van der Waals surface area (Å²) in [5.74, 6) is 0. The minimum atomic E-state index is -0.936. The molecule has 1 aliphatic carbocycles. The number of anilines is 1. The molecule has 5 nitrogen and oxygen atoms in total. The number of fused-ring (bicyclic) bond motifs is 1. The normalized spacial score (nSPS) is 20.1. The fourth-order valence-electron chi connectivity index (χ4n) is 2.87. The smallest absolute Gasteiger partial charge is 0.411 e. The maximum atomic E-state index is 11.2. The average Bonchev–Trinajstić information content (AvgIpc) is 2.37. The largest absolute Gasteiger partial charge is 0.465 e. The Morgan fingerprint density at radius 2 is 2.21 bits per heavy atom. The van der Waals surface area contributed by atoms with Crippen molar-refractivity contribution in [3.8, 4) is 6.07 Å². The summed E-state index contributed by atoms with van der Waals surface area (Å²) in [6.45, 7) is 0.521. The van der Waals surface area contributed by atoms with Gasteiger partial charge in [0.05, 0.1) is 28.6 Å². The summed E-state index contributed by atoms with van der Waals surface area (Å²) < 4.78 is 0. The fourth-order valence-corrected chi connectivity index (χ4v) is 2.87. The first-order valence-electron chi connectivity index (χ1n) is 6.58. The Bertz CT molecular complexity index is 573. The number of aryl methyl sites for hydroxylation is 1. The molecule has 1 aromatic heterocycles. The van der Waals surface area contributed by atoms with E-state index in [0.717, 1.165) is 43.5 Å². The van der Waals surface area contributed by atoms with Crippen molar-refractivity contribution in [1.29, 1.82) is 5.26 Å². The van der Waals surface area contributed by atoms with Gasteiger partial charge in [0.2, 0.25) is 0 Å². The van der Waals surface area contributed by atoms with Crippen LogP contribution in [0.3, 0.4) is 0 Å². The lowest BCUT2D eigenvalue weighted by Crippen LogP contribution is -2.37. The molecule has 5 heteroatoms. The quantitative estimate of drug-likeness (QED) is 0.838. The molecule has 0 spiro atoms. The number of pyridine rings is 1. The molecule has 1 N–H and O–H groups in total. The topological polar surface area (TPSA) is 77.2 Å². The molecule has 2 heterocycles. The summed E-state index contributed by atoms with van der Waals surface area (Å²) >= 11 is 0. The number of nitriles is 1. The van der Waals surface area contributed by atoms with Gasteiger partial charge in [-0.2, -0.15) is 5.26 Å². The number of hydrogen-bond acceptors (Lipinski definition) is 3. The van der Waals surface area contributed by atoms with Crippen LogP contribution in [-0.2, 0) is 11.8 Å². The molecular formula is C14H15N3O2. The lowest BCUT2D eigenvalue weighted by molar-refractivity contribution is 0.201. The maximum Gasteiger partial charge on any atom is 0.411 e. The first-order valence-corrected chi connectivity index (χ1v) is 6.58. The van der Waals surface area contributed by atoms with E-state index in [9.17, 15) is 10.1 Å². The van der Waals surface area contributed by atoms with E-state index in [1.54, 1.807) is 0 Å². The molecule has 0 aromatic carbocycles. The van der Waals surface area contributed by atoms with Crippen molar-refractivity contribution in [3.05, 3.63) is 23.5 Å². The van der Waals surface area contributed by atoms with Crippen LogP contribution < -0.4 is 4.90 Å². The Kier molecular flexibility index (Phi) is 2.67. The van der Waals surface area contributed by atoms with Crippen molar-refractivity contribution >= 4 is 11.8 Å². The van der Waals surface area contributed by atoms with E-state index in [-0.39, 0.29) is 0 Å². The number of carboxylic acid groups (broad SMARTS) is 1. The van der Waals surface area contributed by atoms with Gasteiger partial charge in [-0.3, -0.25) is 9.88 Å². The Morgan fingerprint density at radius 1 is 1.42 bits per heavy atom. The second-order valence-corrected chi connectivity index (χ2v) is 5.25. The van der Waals surface area contributed by atoms with E-state index in [2.05, 4.69) is 11.1 Å². The maximum absolute atomic E-state index is 11.2. The van der Waals surface area contributed by atoms with E-state index in [1.165, 1.54) is 4.90 Å². The number of rotatable bonds is 1. The summed E-state index contributed by atoms with van der Waals surface area (Å²) in [4.78, 5) is 17.1. The fraction of sp³-hybridized carbons (Fsp3) is 0.500. The van der Waals surface area contributed by atoms with Gasteiger partial charge in [0.15, 0.2) is 0 Å². The third-order valence-corrected chi connectivity index (χ3v) is 4.18. The van der Waals surface area contributed by atoms with E-state index in [1.807, 2.05) is 12.1 Å². The summed E-state index contributed by atoms with van der Waals surface area (Å²) in [6, 6.07) is 6.01. The third-order valence-electron chi connectivity index (χ3n) is 4.18. The van der Waals surface area contributed by atoms with Crippen LogP contribution in [0, 0.1) is 11.3 Å². The SMILES string of the molecule is N#CC1(c2ccc3c(n2)CCCN3C(=O)O)CCC1. The second kappa shape index (κ2) is 4.23. The molecule has 0 atom stereocenters. The highest BCUT2D eigenvalue weighted by Gasteiger charge is 2.41. The second-order valence-electron chi connectivity index (χ2n) is 5.25. The predicted molar refractivity (Wildman–Crippen MR) is 69.1 cm³/mol. The summed E-state index contributed by atoms with van der Waals surface area (Å²) in [7, 11) is 0. The molecule has 19 heavy (non-hydrogen) atoms. The zero-order valence-electron chi connectivity index (χ0n) is 10.6. The molecule has 1 aliphatic heterocycles. The molecule has 1 amide bonds. The van der Waals surface area contributed by atoms with Gasteiger partial charge < -0.3 is 5.11 Å². The standard InChI is InChI=1S/C14H15N3O2/c15-9-14(6-2-7-14)12-5-4-11-10(16-12)3-1-8-17(11)13(18)19/h4-5H,1-3,6-8H2,(H,18,19). The van der Waals surface area contributed by atoms with Crippen LogP contribution in [0.1, 0.15) is 37.1 Å². The molecule has 0 saturated heterocycles. The molecular weight excluding hydrogens is 242 g/mol. The highest BCUT2D eigenvalue weighted by atomic mass is 16.4. The summed E-state index contributed by atoms with van der Waals surface area (Å²) in [5.41, 5.74) is 1.87. The average molecular weight is 257 g/mol. The third kappa shape index (κ3) is 1.75. The number of nitrogens with zero attached hydrogens (tertiary/aromatic N) is 3. The van der Waals surface area contributed by atoms with E-state index in [0.29, 0.717) is 12.2 Å². The van der Waals surface area contributed by atoms with Gasteiger partial charge in [0.1, 0.15) is 0 Å². The number of hydrogen-bond donors (Lipinski definition) is 1. The number of aromatic nitrogens is 1. The molecule has 0 unspecified atom stereocenters. The summed E-state index contributed by atoms with van der Waals surface area (Å²) in [6.07, 6.45) is 3.42. The van der Waals surface area contributed by atoms with Gasteiger partial charge in [-0.05, 0) is 44.2 Å². The van der Waals surface area contributed by atoms with Crippen LogP contribution in [0.5, 0.6) is 0 Å². The van der Waals surface area contributed by atoms with E-state index < -0.39 is 11.5 Å². The molecule has 0 radical (unpaired) electrons. The molecule has 0 bridgehead atoms. The monoisotopic (exact) mass is 257 g/mol.